The number of rotatable bonds is 2. The molecule has 1 aromatic heterocycles. The van der Waals surface area contributed by atoms with Gasteiger partial charge in [-0.2, -0.15) is 0 Å². The molecule has 1 aliphatic heterocycles. The topological polar surface area (TPSA) is 62.3 Å². The van der Waals surface area contributed by atoms with Crippen molar-refractivity contribution in [2.45, 2.75) is 63.8 Å². The lowest BCUT2D eigenvalue weighted by Crippen LogP contribution is -2.59. The first-order valence-corrected chi connectivity index (χ1v) is 8.92. The first-order chi connectivity index (χ1) is 11.3. The fraction of sp³-hybridized carbons (Fsp3) is 0.632. The highest BCUT2D eigenvalue weighted by Gasteiger charge is 2.60. The summed E-state index contributed by atoms with van der Waals surface area (Å²) in [5.74, 6) is 1.26. The van der Waals surface area contributed by atoms with Crippen molar-refractivity contribution in [3.63, 3.8) is 0 Å². The molecule has 1 spiro atoms. The monoisotopic (exact) mass is 327 g/mol. The molecule has 0 radical (unpaired) electrons. The minimum absolute atomic E-state index is 0.0776. The van der Waals surface area contributed by atoms with E-state index >= 15 is 0 Å². The number of aromatic nitrogens is 1. The average Bonchev–Trinajstić information content (AvgIpc) is 2.67. The number of pyridine rings is 1. The molecular formula is C19H25N3O2. The van der Waals surface area contributed by atoms with Crippen molar-refractivity contribution >= 4 is 17.6 Å². The number of amides is 3. The number of imide groups is 1. The van der Waals surface area contributed by atoms with Crippen molar-refractivity contribution in [3.05, 3.63) is 24.0 Å². The van der Waals surface area contributed by atoms with Crippen LogP contribution in [0.25, 0.3) is 0 Å². The normalized spacial score (nSPS) is 30.3. The summed E-state index contributed by atoms with van der Waals surface area (Å²) in [6.45, 7) is 6.28. The maximum absolute atomic E-state index is 13.0. The van der Waals surface area contributed by atoms with E-state index in [1.54, 1.807) is 12.4 Å². The quantitative estimate of drug-likeness (QED) is 0.847. The van der Waals surface area contributed by atoms with E-state index < -0.39 is 5.54 Å². The molecule has 0 bridgehead atoms. The minimum atomic E-state index is -0.658. The lowest BCUT2D eigenvalue weighted by atomic mass is 9.58. The van der Waals surface area contributed by atoms with Crippen molar-refractivity contribution in [2.24, 2.45) is 11.8 Å². The van der Waals surface area contributed by atoms with Crippen molar-refractivity contribution in [1.29, 1.82) is 0 Å². The molecule has 24 heavy (non-hydrogen) atoms. The van der Waals surface area contributed by atoms with Crippen LogP contribution in [0.3, 0.4) is 0 Å². The Labute approximate surface area is 142 Å². The van der Waals surface area contributed by atoms with Crippen LogP contribution in [0.1, 0.15) is 58.4 Å². The number of hydrogen-bond donors (Lipinski definition) is 1. The van der Waals surface area contributed by atoms with Gasteiger partial charge in [0.25, 0.3) is 5.91 Å². The van der Waals surface area contributed by atoms with E-state index in [1.807, 2.05) is 6.07 Å². The third-order valence-corrected chi connectivity index (χ3v) is 6.05. The lowest BCUT2D eigenvalue weighted by molar-refractivity contribution is -0.128. The Bertz CT molecular complexity index is 697. The van der Waals surface area contributed by atoms with E-state index in [2.05, 4.69) is 31.1 Å². The van der Waals surface area contributed by atoms with Crippen molar-refractivity contribution in [1.82, 2.24) is 10.3 Å². The Balaban J connectivity index is 1.57. The van der Waals surface area contributed by atoms with Crippen LogP contribution in [-0.4, -0.2) is 22.5 Å². The zero-order valence-electron chi connectivity index (χ0n) is 14.6. The van der Waals surface area contributed by atoms with Crippen LogP contribution >= 0.6 is 0 Å². The Kier molecular flexibility index (Phi) is 3.28. The fourth-order valence-electron chi connectivity index (χ4n) is 4.17. The third kappa shape index (κ3) is 2.25. The predicted octanol–water partition coefficient (Wildman–Crippen LogP) is 3.38. The molecule has 3 aliphatic rings. The molecule has 0 atom stereocenters. The van der Waals surface area contributed by atoms with Crippen molar-refractivity contribution in [2.75, 3.05) is 4.90 Å². The maximum Gasteiger partial charge on any atom is 0.329 e. The van der Waals surface area contributed by atoms with Gasteiger partial charge in [-0.25, -0.2) is 9.69 Å². The number of nitrogens with zero attached hydrogens (tertiary/aromatic N) is 2. The molecule has 4 rings (SSSR count). The second kappa shape index (κ2) is 5.04. The lowest BCUT2D eigenvalue weighted by Gasteiger charge is -2.49. The number of nitrogens with one attached hydrogen (secondary N) is 1. The molecule has 1 N–H and O–H groups in total. The van der Waals surface area contributed by atoms with Crippen LogP contribution in [0.2, 0.25) is 0 Å². The molecule has 0 aromatic carbocycles. The smallest absolute Gasteiger partial charge is 0.323 e. The standard InChI is InChI=1S/C19H25N3O2/c1-18(2,3)14-7-15(11-20-10-14)22-16(23)19(21-17(22)24)8-13(9-19)12-5-4-6-12/h7,10-13H,4-6,8-9H2,1-3H3,(H,21,24). The molecule has 1 aromatic rings. The molecule has 5 nitrogen and oxygen atoms in total. The Morgan fingerprint density at radius 1 is 1.17 bits per heavy atom. The Morgan fingerprint density at radius 3 is 2.46 bits per heavy atom. The van der Waals surface area contributed by atoms with E-state index in [9.17, 15) is 9.59 Å². The summed E-state index contributed by atoms with van der Waals surface area (Å²) in [5.41, 5.74) is 0.859. The average molecular weight is 327 g/mol. The second-order valence-electron chi connectivity index (χ2n) is 8.69. The molecule has 128 valence electrons. The molecule has 3 amide bonds. The van der Waals surface area contributed by atoms with Gasteiger partial charge in [0.05, 0.1) is 11.9 Å². The summed E-state index contributed by atoms with van der Waals surface area (Å²) in [5, 5.41) is 2.97. The van der Waals surface area contributed by atoms with Gasteiger partial charge < -0.3 is 5.32 Å². The fourth-order valence-corrected chi connectivity index (χ4v) is 4.17. The van der Waals surface area contributed by atoms with E-state index in [0.717, 1.165) is 24.3 Å². The zero-order chi connectivity index (χ0) is 17.1. The number of urea groups is 1. The van der Waals surface area contributed by atoms with E-state index in [4.69, 9.17) is 0 Å². The summed E-state index contributed by atoms with van der Waals surface area (Å²) >= 11 is 0. The van der Waals surface area contributed by atoms with Crippen LogP contribution in [-0.2, 0) is 10.2 Å². The predicted molar refractivity (Wildman–Crippen MR) is 91.8 cm³/mol. The molecule has 2 aliphatic carbocycles. The molecule has 2 heterocycles. The number of anilines is 1. The Morgan fingerprint density at radius 2 is 1.88 bits per heavy atom. The van der Waals surface area contributed by atoms with Gasteiger partial charge in [0.2, 0.25) is 0 Å². The summed E-state index contributed by atoms with van der Waals surface area (Å²) in [6, 6.07) is 1.60. The van der Waals surface area contributed by atoms with Crippen molar-refractivity contribution < 1.29 is 9.59 Å². The van der Waals surface area contributed by atoms with Gasteiger partial charge in [0.15, 0.2) is 0 Å². The zero-order valence-corrected chi connectivity index (χ0v) is 14.6. The van der Waals surface area contributed by atoms with Gasteiger partial charge in [0, 0.05) is 6.20 Å². The van der Waals surface area contributed by atoms with Crippen LogP contribution in [0.5, 0.6) is 0 Å². The number of hydrogen-bond acceptors (Lipinski definition) is 3. The van der Waals surface area contributed by atoms with Crippen LogP contribution in [0.15, 0.2) is 18.5 Å². The van der Waals surface area contributed by atoms with E-state index in [0.29, 0.717) is 11.6 Å². The van der Waals surface area contributed by atoms with Gasteiger partial charge in [0.1, 0.15) is 5.54 Å². The number of carbonyl (C=O) groups is 2. The summed E-state index contributed by atoms with van der Waals surface area (Å²) in [6.07, 6.45) is 8.87. The molecule has 0 unspecified atom stereocenters. The number of carbonyl (C=O) groups excluding carboxylic acids is 2. The SMILES string of the molecule is CC(C)(C)c1cncc(N2C(=O)NC3(CC(C4CCC4)C3)C2=O)c1. The molecular weight excluding hydrogens is 302 g/mol. The minimum Gasteiger partial charge on any atom is -0.323 e. The highest BCUT2D eigenvalue weighted by atomic mass is 16.2. The maximum atomic E-state index is 13.0. The van der Waals surface area contributed by atoms with Gasteiger partial charge in [-0.05, 0) is 41.7 Å². The first-order valence-electron chi connectivity index (χ1n) is 8.92. The van der Waals surface area contributed by atoms with E-state index in [-0.39, 0.29) is 17.4 Å². The molecule has 3 fully saturated rings. The van der Waals surface area contributed by atoms with E-state index in [1.165, 1.54) is 24.2 Å². The third-order valence-electron chi connectivity index (χ3n) is 6.05. The van der Waals surface area contributed by atoms with Crippen LogP contribution < -0.4 is 10.2 Å². The Hall–Kier alpha value is -1.91. The van der Waals surface area contributed by atoms with Gasteiger partial charge in [-0.15, -0.1) is 0 Å². The van der Waals surface area contributed by atoms with Gasteiger partial charge in [-0.3, -0.25) is 9.78 Å². The summed E-state index contributed by atoms with van der Waals surface area (Å²) < 4.78 is 0. The second-order valence-corrected chi connectivity index (χ2v) is 8.69. The van der Waals surface area contributed by atoms with Gasteiger partial charge >= 0.3 is 6.03 Å². The molecule has 5 heteroatoms. The first kappa shape index (κ1) is 15.6. The molecule has 2 saturated carbocycles. The summed E-state index contributed by atoms with van der Waals surface area (Å²) in [4.78, 5) is 31.0. The molecule has 1 saturated heterocycles. The van der Waals surface area contributed by atoms with Crippen LogP contribution in [0.4, 0.5) is 10.5 Å². The highest BCUT2D eigenvalue weighted by molar-refractivity contribution is 6.23. The largest absolute Gasteiger partial charge is 0.329 e. The van der Waals surface area contributed by atoms with Crippen molar-refractivity contribution in [3.8, 4) is 0 Å². The summed E-state index contributed by atoms with van der Waals surface area (Å²) in [7, 11) is 0. The van der Waals surface area contributed by atoms with Gasteiger partial charge in [-0.1, -0.05) is 40.0 Å². The van der Waals surface area contributed by atoms with Crippen LogP contribution in [0, 0.1) is 11.8 Å². The highest BCUT2D eigenvalue weighted by Crippen LogP contribution is 2.51.